The van der Waals surface area contributed by atoms with Gasteiger partial charge in [-0.25, -0.2) is 4.79 Å². The van der Waals surface area contributed by atoms with Crippen LogP contribution in [0.3, 0.4) is 0 Å². The van der Waals surface area contributed by atoms with Crippen LogP contribution in [0.15, 0.2) is 72.8 Å². The van der Waals surface area contributed by atoms with Gasteiger partial charge >= 0.3 is 16.1 Å². The summed E-state index contributed by atoms with van der Waals surface area (Å²) < 4.78 is 27.3. The molecular weight excluding hydrogens is 402 g/mol. The van der Waals surface area contributed by atoms with Crippen molar-refractivity contribution in [3.8, 4) is 11.1 Å². The molecule has 3 aromatic carbocycles. The van der Waals surface area contributed by atoms with Gasteiger partial charge in [0.05, 0.1) is 11.8 Å². The molecule has 4 N–H and O–H groups in total. The number of carbonyl (C=O) groups excluding carboxylic acids is 1. The molecule has 8 heteroatoms. The maximum atomic E-state index is 12.4. The molecule has 0 aliphatic heterocycles. The Balaban J connectivity index is 1.89. The van der Waals surface area contributed by atoms with Crippen molar-refractivity contribution >= 4 is 27.6 Å². The number of hydrogen-bond acceptors (Lipinski definition) is 6. The van der Waals surface area contributed by atoms with Gasteiger partial charge in [0.1, 0.15) is 5.84 Å². The minimum atomic E-state index is -3.92. The van der Waals surface area contributed by atoms with Crippen molar-refractivity contribution in [3.05, 3.63) is 89.5 Å². The van der Waals surface area contributed by atoms with Crippen LogP contribution in [-0.4, -0.2) is 26.5 Å². The summed E-state index contributed by atoms with van der Waals surface area (Å²) in [5, 5.41) is 10.8. The lowest BCUT2D eigenvalue weighted by Gasteiger charge is -2.14. The van der Waals surface area contributed by atoms with Gasteiger partial charge in [0.15, 0.2) is 0 Å². The first kappa shape index (κ1) is 21.1. The number of anilines is 1. The summed E-state index contributed by atoms with van der Waals surface area (Å²) in [5.41, 5.74) is 9.40. The number of nitrogen functional groups attached to an aromatic ring is 1. The Bertz CT molecular complexity index is 1190. The Morgan fingerprint density at radius 3 is 2.20 bits per heavy atom. The molecule has 3 aromatic rings. The van der Waals surface area contributed by atoms with E-state index in [2.05, 4.69) is 9.50 Å². The minimum absolute atomic E-state index is 0.00415. The first-order valence-corrected chi connectivity index (χ1v) is 10.9. The number of carbonyl (C=O) groups is 1. The van der Waals surface area contributed by atoms with Crippen molar-refractivity contribution in [2.24, 2.45) is 5.73 Å². The lowest BCUT2D eigenvalue weighted by molar-refractivity contribution is 0.0749. The molecule has 0 saturated heterocycles. The molecule has 3 rings (SSSR count). The van der Waals surface area contributed by atoms with E-state index in [-0.39, 0.29) is 11.4 Å². The highest BCUT2D eigenvalue weighted by atomic mass is 32.2. The van der Waals surface area contributed by atoms with Crippen LogP contribution in [0.25, 0.3) is 11.1 Å². The first-order valence-electron chi connectivity index (χ1n) is 9.04. The highest BCUT2D eigenvalue weighted by molar-refractivity contribution is 7.86. The van der Waals surface area contributed by atoms with Crippen LogP contribution in [0.5, 0.6) is 0 Å². The van der Waals surface area contributed by atoms with Crippen molar-refractivity contribution in [3.63, 3.8) is 0 Å². The van der Waals surface area contributed by atoms with Crippen molar-refractivity contribution in [2.75, 3.05) is 11.6 Å². The summed E-state index contributed by atoms with van der Waals surface area (Å²) >= 11 is 0. The second-order valence-corrected chi connectivity index (χ2v) is 8.20. The number of benzene rings is 3. The van der Waals surface area contributed by atoms with Crippen LogP contribution in [0, 0.1) is 5.41 Å². The molecule has 7 nitrogen and oxygen atoms in total. The van der Waals surface area contributed by atoms with Gasteiger partial charge in [0.25, 0.3) is 0 Å². The molecule has 0 unspecified atom stereocenters. The Hall–Kier alpha value is -3.65. The van der Waals surface area contributed by atoms with Gasteiger partial charge in [-0.2, -0.15) is 8.42 Å². The van der Waals surface area contributed by atoms with E-state index < -0.39 is 16.1 Å². The number of rotatable bonds is 7. The van der Waals surface area contributed by atoms with Gasteiger partial charge in [0, 0.05) is 17.8 Å². The highest BCUT2D eigenvalue weighted by Gasteiger charge is 2.19. The van der Waals surface area contributed by atoms with Crippen LogP contribution < -0.4 is 11.1 Å². The second-order valence-electron chi connectivity index (χ2n) is 6.62. The first-order chi connectivity index (χ1) is 14.2. The van der Waals surface area contributed by atoms with Gasteiger partial charge in [0.2, 0.25) is 0 Å². The molecule has 30 heavy (non-hydrogen) atoms. The zero-order valence-corrected chi connectivity index (χ0v) is 17.1. The molecule has 0 spiro atoms. The van der Waals surface area contributed by atoms with E-state index in [9.17, 15) is 13.2 Å². The van der Waals surface area contributed by atoms with Gasteiger partial charge in [-0.05, 0) is 47.0 Å². The normalized spacial score (nSPS) is 11.0. The van der Waals surface area contributed by atoms with E-state index in [0.29, 0.717) is 17.7 Å². The predicted molar refractivity (Wildman–Crippen MR) is 117 cm³/mol. The largest absolute Gasteiger partial charge is 0.384 e. The number of nitrogens with one attached hydrogen (secondary N) is 2. The second kappa shape index (κ2) is 8.79. The fraction of sp³-hybridized carbons (Fsp3) is 0.0909. The monoisotopic (exact) mass is 423 g/mol. The summed E-state index contributed by atoms with van der Waals surface area (Å²) in [5.74, 6) is -0.917. The number of amidine groups is 1. The third kappa shape index (κ3) is 5.24. The fourth-order valence-electron chi connectivity index (χ4n) is 2.98. The SMILES string of the molecule is CS(=O)(=O)OC(=O)c1ccccc1-c1ccccc1CNc1ccc(C(=N)N)cc1. The van der Waals surface area contributed by atoms with Crippen LogP contribution in [0.1, 0.15) is 21.5 Å². The van der Waals surface area contributed by atoms with Crippen LogP contribution in [-0.2, 0) is 20.8 Å². The van der Waals surface area contributed by atoms with E-state index in [0.717, 1.165) is 23.1 Å². The zero-order chi connectivity index (χ0) is 21.7. The summed E-state index contributed by atoms with van der Waals surface area (Å²) in [6, 6.07) is 21.4. The molecule has 0 aliphatic carbocycles. The lowest BCUT2D eigenvalue weighted by atomic mass is 9.95. The maximum Gasteiger partial charge on any atom is 0.354 e. The van der Waals surface area contributed by atoms with Crippen molar-refractivity contribution in [1.82, 2.24) is 0 Å². The predicted octanol–water partition coefficient (Wildman–Crippen LogP) is 3.37. The summed E-state index contributed by atoms with van der Waals surface area (Å²) in [4.78, 5) is 12.4. The van der Waals surface area contributed by atoms with E-state index >= 15 is 0 Å². The third-order valence-corrected chi connectivity index (χ3v) is 4.81. The zero-order valence-electron chi connectivity index (χ0n) is 16.3. The number of hydrogen-bond donors (Lipinski definition) is 3. The fourth-order valence-corrected chi connectivity index (χ4v) is 3.35. The molecule has 0 heterocycles. The van der Waals surface area contributed by atoms with Crippen LogP contribution in [0.2, 0.25) is 0 Å². The molecule has 0 fully saturated rings. The summed E-state index contributed by atoms with van der Waals surface area (Å²) in [6.45, 7) is 0.463. The Labute approximate surface area is 175 Å². The molecule has 154 valence electrons. The standard InChI is InChI=1S/C22H21N3O4S/c1-30(27,28)29-22(26)20-9-5-4-8-19(20)18-7-3-2-6-16(18)14-25-17-12-10-15(11-13-17)21(23)24/h2-13,25H,14H2,1H3,(H3,23,24). The van der Waals surface area contributed by atoms with Crippen molar-refractivity contribution in [2.45, 2.75) is 6.54 Å². The van der Waals surface area contributed by atoms with Gasteiger partial charge in [-0.15, -0.1) is 0 Å². The average molecular weight is 423 g/mol. The Morgan fingerprint density at radius 1 is 0.967 bits per heavy atom. The molecule has 0 amide bonds. The Kier molecular flexibility index (Phi) is 6.17. The molecule has 0 bridgehead atoms. The van der Waals surface area contributed by atoms with E-state index in [1.165, 1.54) is 6.07 Å². The van der Waals surface area contributed by atoms with Crippen LogP contribution >= 0.6 is 0 Å². The average Bonchev–Trinajstić information content (AvgIpc) is 2.71. The molecule has 0 aliphatic rings. The number of nitrogens with two attached hydrogens (primary N) is 1. The molecule has 0 radical (unpaired) electrons. The summed E-state index contributed by atoms with van der Waals surface area (Å²) in [6.07, 6.45) is 0.836. The van der Waals surface area contributed by atoms with E-state index in [1.807, 2.05) is 36.4 Å². The highest BCUT2D eigenvalue weighted by Crippen LogP contribution is 2.28. The smallest absolute Gasteiger partial charge is 0.354 e. The van der Waals surface area contributed by atoms with Crippen molar-refractivity contribution < 1.29 is 17.4 Å². The third-order valence-electron chi connectivity index (χ3n) is 4.36. The van der Waals surface area contributed by atoms with Gasteiger partial charge in [-0.3, -0.25) is 5.41 Å². The Morgan fingerprint density at radius 2 is 1.57 bits per heavy atom. The topological polar surface area (TPSA) is 122 Å². The lowest BCUT2D eigenvalue weighted by Crippen LogP contribution is -2.13. The van der Waals surface area contributed by atoms with Crippen LogP contribution in [0.4, 0.5) is 5.69 Å². The van der Waals surface area contributed by atoms with Crippen molar-refractivity contribution in [1.29, 1.82) is 5.41 Å². The van der Waals surface area contributed by atoms with Gasteiger partial charge < -0.3 is 15.2 Å². The van der Waals surface area contributed by atoms with Gasteiger partial charge in [-0.1, -0.05) is 42.5 Å². The molecule has 0 saturated carbocycles. The maximum absolute atomic E-state index is 12.4. The molecular formula is C22H21N3O4S. The van der Waals surface area contributed by atoms with E-state index in [1.54, 1.807) is 30.3 Å². The minimum Gasteiger partial charge on any atom is -0.384 e. The molecule has 0 aromatic heterocycles. The quantitative estimate of drug-likeness (QED) is 0.304. The van der Waals surface area contributed by atoms with E-state index in [4.69, 9.17) is 11.1 Å². The molecule has 0 atom stereocenters. The summed E-state index contributed by atoms with van der Waals surface area (Å²) in [7, 11) is -3.92.